The number of nitriles is 1. The summed E-state index contributed by atoms with van der Waals surface area (Å²) >= 11 is 0. The van der Waals surface area contributed by atoms with Crippen molar-refractivity contribution >= 4 is 21.7 Å². The molecule has 0 saturated carbocycles. The van der Waals surface area contributed by atoms with Crippen molar-refractivity contribution in [3.63, 3.8) is 0 Å². The molecule has 26 heavy (non-hydrogen) atoms. The van der Waals surface area contributed by atoms with Gasteiger partial charge in [0.2, 0.25) is 10.0 Å². The smallest absolute Gasteiger partial charge is 0.341 e. The highest BCUT2D eigenvalue weighted by atomic mass is 32.2. The molecule has 2 aliphatic rings. The van der Waals surface area contributed by atoms with Crippen molar-refractivity contribution in [2.45, 2.75) is 37.0 Å². The van der Waals surface area contributed by atoms with Gasteiger partial charge in [-0.05, 0) is 43.9 Å². The van der Waals surface area contributed by atoms with E-state index in [9.17, 15) is 13.2 Å². The van der Waals surface area contributed by atoms with E-state index in [0.29, 0.717) is 18.8 Å². The summed E-state index contributed by atoms with van der Waals surface area (Å²) in [6.45, 7) is 2.28. The lowest BCUT2D eigenvalue weighted by molar-refractivity contribution is 0.0555. The van der Waals surface area contributed by atoms with Gasteiger partial charge in [0.1, 0.15) is 6.07 Å². The van der Waals surface area contributed by atoms with Gasteiger partial charge in [-0.2, -0.15) is 9.57 Å². The molecule has 2 fully saturated rings. The monoisotopic (exact) mass is 377 g/mol. The van der Waals surface area contributed by atoms with Crippen LogP contribution in [0.1, 0.15) is 42.5 Å². The van der Waals surface area contributed by atoms with Crippen molar-refractivity contribution in [3.05, 3.63) is 23.8 Å². The van der Waals surface area contributed by atoms with Crippen molar-refractivity contribution in [3.8, 4) is 6.07 Å². The van der Waals surface area contributed by atoms with Gasteiger partial charge in [-0.3, -0.25) is 0 Å². The number of sulfonamides is 1. The number of piperidine rings is 1. The maximum atomic E-state index is 12.9. The Bertz CT molecular complexity index is 804. The molecule has 8 heteroatoms. The molecular weight excluding hydrogens is 354 g/mol. The molecule has 2 saturated heterocycles. The van der Waals surface area contributed by atoms with Crippen molar-refractivity contribution in [1.29, 1.82) is 5.26 Å². The third-order valence-corrected chi connectivity index (χ3v) is 6.75. The largest absolute Gasteiger partial charge is 0.447 e. The second-order valence-corrected chi connectivity index (χ2v) is 8.51. The fourth-order valence-corrected chi connectivity index (χ4v) is 5.05. The Kier molecular flexibility index (Phi) is 5.79. The number of hydrogen-bond acceptors (Lipinski definition) is 6. The number of hydrogen-bond donors (Lipinski definition) is 0. The second-order valence-electron chi connectivity index (χ2n) is 6.57. The third kappa shape index (κ3) is 3.84. The van der Waals surface area contributed by atoms with Crippen LogP contribution in [0.3, 0.4) is 0 Å². The van der Waals surface area contributed by atoms with Crippen LogP contribution in [0.25, 0.3) is 0 Å². The van der Waals surface area contributed by atoms with E-state index in [2.05, 4.69) is 4.90 Å². The molecule has 0 N–H and O–H groups in total. The Hall–Kier alpha value is -2.11. The van der Waals surface area contributed by atoms with Crippen LogP contribution in [0.5, 0.6) is 0 Å². The number of carbonyl (C=O) groups excluding carboxylic acids is 1. The van der Waals surface area contributed by atoms with Gasteiger partial charge in [0.05, 0.1) is 16.1 Å². The van der Waals surface area contributed by atoms with Crippen LogP contribution < -0.4 is 4.90 Å². The standard InChI is InChI=1S/C18H23N3O4S/c19-8-13-25-18(22)16-14-15(6-7-17(16)20-9-4-5-10-20)26(23,24)21-11-2-1-3-12-21/h6-7,14H,1-5,9-13H2. The minimum Gasteiger partial charge on any atom is -0.447 e. The number of ether oxygens (including phenoxy) is 1. The summed E-state index contributed by atoms with van der Waals surface area (Å²) in [5.74, 6) is -0.663. The third-order valence-electron chi connectivity index (χ3n) is 4.86. The zero-order valence-electron chi connectivity index (χ0n) is 14.7. The molecule has 140 valence electrons. The second kappa shape index (κ2) is 8.06. The Morgan fingerprint density at radius 2 is 1.73 bits per heavy atom. The summed E-state index contributed by atoms with van der Waals surface area (Å²) in [4.78, 5) is 14.6. The SMILES string of the molecule is N#CCOC(=O)c1cc(S(=O)(=O)N2CCCCC2)ccc1N1CCCC1. The van der Waals surface area contributed by atoms with E-state index in [-0.39, 0.29) is 17.1 Å². The molecule has 0 atom stereocenters. The first-order chi connectivity index (χ1) is 12.5. The molecule has 2 heterocycles. The highest BCUT2D eigenvalue weighted by Gasteiger charge is 2.29. The molecular formula is C18H23N3O4S. The van der Waals surface area contributed by atoms with Crippen molar-refractivity contribution in [2.75, 3.05) is 37.7 Å². The summed E-state index contributed by atoms with van der Waals surface area (Å²) in [6, 6.07) is 6.42. The summed E-state index contributed by atoms with van der Waals surface area (Å²) < 4.78 is 32.3. The van der Waals surface area contributed by atoms with Crippen LogP contribution in [-0.2, 0) is 14.8 Å². The average molecular weight is 377 g/mol. The number of carbonyl (C=O) groups is 1. The Morgan fingerprint density at radius 1 is 1.08 bits per heavy atom. The van der Waals surface area contributed by atoms with Crippen LogP contribution in [0, 0.1) is 11.3 Å². The van der Waals surface area contributed by atoms with E-state index in [1.807, 2.05) is 0 Å². The summed E-state index contributed by atoms with van der Waals surface area (Å²) in [7, 11) is -3.64. The topological polar surface area (TPSA) is 90.7 Å². The van der Waals surface area contributed by atoms with Crippen LogP contribution in [0.2, 0.25) is 0 Å². The van der Waals surface area contributed by atoms with Gasteiger partial charge in [0.15, 0.2) is 6.61 Å². The first kappa shape index (κ1) is 18.7. The number of esters is 1. The molecule has 0 aliphatic carbocycles. The summed E-state index contributed by atoms with van der Waals surface area (Å²) in [6.07, 6.45) is 4.79. The Balaban J connectivity index is 1.97. The van der Waals surface area contributed by atoms with E-state index in [4.69, 9.17) is 10.00 Å². The molecule has 0 amide bonds. The Labute approximate surface area is 154 Å². The van der Waals surface area contributed by atoms with Gasteiger partial charge in [-0.1, -0.05) is 6.42 Å². The quantitative estimate of drug-likeness (QED) is 0.730. The lowest BCUT2D eigenvalue weighted by Crippen LogP contribution is -2.35. The fourth-order valence-electron chi connectivity index (χ4n) is 3.50. The summed E-state index contributed by atoms with van der Waals surface area (Å²) in [5, 5.41) is 8.66. The maximum absolute atomic E-state index is 12.9. The molecule has 1 aromatic carbocycles. The zero-order chi connectivity index (χ0) is 18.6. The average Bonchev–Trinajstić information content (AvgIpc) is 3.21. The van der Waals surface area contributed by atoms with Crippen LogP contribution in [0.15, 0.2) is 23.1 Å². The number of anilines is 1. The highest BCUT2D eigenvalue weighted by Crippen LogP contribution is 2.30. The molecule has 7 nitrogen and oxygen atoms in total. The van der Waals surface area contributed by atoms with Crippen molar-refractivity contribution in [1.82, 2.24) is 4.31 Å². The molecule has 0 bridgehead atoms. The van der Waals surface area contributed by atoms with E-state index >= 15 is 0 Å². The highest BCUT2D eigenvalue weighted by molar-refractivity contribution is 7.89. The number of rotatable bonds is 5. The van der Waals surface area contributed by atoms with Gasteiger partial charge in [-0.25, -0.2) is 13.2 Å². The lowest BCUT2D eigenvalue weighted by Gasteiger charge is -2.27. The van der Waals surface area contributed by atoms with Gasteiger partial charge in [-0.15, -0.1) is 0 Å². The van der Waals surface area contributed by atoms with Crippen molar-refractivity contribution in [2.24, 2.45) is 0 Å². The lowest BCUT2D eigenvalue weighted by atomic mass is 10.1. The number of benzene rings is 1. The molecule has 0 spiro atoms. The fraction of sp³-hybridized carbons (Fsp3) is 0.556. The van der Waals surface area contributed by atoms with Gasteiger partial charge < -0.3 is 9.64 Å². The molecule has 0 unspecified atom stereocenters. The van der Waals surface area contributed by atoms with E-state index in [1.165, 1.54) is 10.4 Å². The molecule has 3 rings (SSSR count). The maximum Gasteiger partial charge on any atom is 0.341 e. The molecule has 0 aromatic heterocycles. The zero-order valence-corrected chi connectivity index (χ0v) is 15.5. The predicted molar refractivity (Wildman–Crippen MR) is 96.4 cm³/mol. The minimum absolute atomic E-state index is 0.103. The van der Waals surface area contributed by atoms with Crippen LogP contribution in [0.4, 0.5) is 5.69 Å². The summed E-state index contributed by atoms with van der Waals surface area (Å²) in [5.41, 5.74) is 0.878. The van der Waals surface area contributed by atoms with Gasteiger partial charge in [0, 0.05) is 26.2 Å². The first-order valence-electron chi connectivity index (χ1n) is 8.97. The first-order valence-corrected chi connectivity index (χ1v) is 10.4. The normalized spacial score (nSPS) is 18.5. The molecule has 1 aromatic rings. The molecule has 0 radical (unpaired) electrons. The van der Waals surface area contributed by atoms with E-state index in [1.54, 1.807) is 18.2 Å². The van der Waals surface area contributed by atoms with Crippen LogP contribution >= 0.6 is 0 Å². The van der Waals surface area contributed by atoms with Gasteiger partial charge >= 0.3 is 5.97 Å². The van der Waals surface area contributed by atoms with E-state index < -0.39 is 16.0 Å². The van der Waals surface area contributed by atoms with Crippen LogP contribution in [-0.4, -0.2) is 51.5 Å². The van der Waals surface area contributed by atoms with Gasteiger partial charge in [0.25, 0.3) is 0 Å². The number of nitrogens with zero attached hydrogens (tertiary/aromatic N) is 3. The van der Waals surface area contributed by atoms with E-state index in [0.717, 1.165) is 45.2 Å². The molecule has 2 aliphatic heterocycles. The van der Waals surface area contributed by atoms with Crippen molar-refractivity contribution < 1.29 is 17.9 Å². The minimum atomic E-state index is -3.64. The Morgan fingerprint density at radius 3 is 2.38 bits per heavy atom. The predicted octanol–water partition coefficient (Wildman–Crippen LogP) is 2.14.